The van der Waals surface area contributed by atoms with Crippen molar-refractivity contribution < 1.29 is 28.8 Å². The molecule has 1 atom stereocenters. The smallest absolute Gasteiger partial charge is 0.348 e. The molecule has 1 heterocycles. The average Bonchev–Trinajstić information content (AvgIpc) is 3.07. The van der Waals surface area contributed by atoms with Crippen LogP contribution in [0.4, 0.5) is 10.7 Å². The van der Waals surface area contributed by atoms with Crippen molar-refractivity contribution in [1.29, 1.82) is 0 Å². The number of nitrogens with one attached hydrogen (secondary N) is 1. The van der Waals surface area contributed by atoms with Gasteiger partial charge >= 0.3 is 11.9 Å². The molecule has 0 aliphatic carbocycles. The van der Waals surface area contributed by atoms with Gasteiger partial charge in [0.1, 0.15) is 9.88 Å². The van der Waals surface area contributed by atoms with Crippen molar-refractivity contribution in [2.45, 2.75) is 19.9 Å². The van der Waals surface area contributed by atoms with Crippen molar-refractivity contribution in [1.82, 2.24) is 4.90 Å². The standard InChI is InChI=1S/C20H23N3O7S/c1-11-16(19(25)29-4)18(31-17(11)20(26)30-5)21-15(24)10-22(3)12(2)13-7-6-8-14(9-13)23(27)28/h6-9,12H,10H2,1-5H3,(H,21,24). The molecule has 0 aliphatic rings. The molecule has 0 spiro atoms. The molecule has 10 nitrogen and oxygen atoms in total. The van der Waals surface area contributed by atoms with E-state index in [0.717, 1.165) is 11.3 Å². The van der Waals surface area contributed by atoms with Gasteiger partial charge in [0.25, 0.3) is 5.69 Å². The molecule has 1 unspecified atom stereocenters. The van der Waals surface area contributed by atoms with Gasteiger partial charge in [-0.15, -0.1) is 11.3 Å². The molecule has 1 N–H and O–H groups in total. The first-order valence-electron chi connectivity index (χ1n) is 9.15. The summed E-state index contributed by atoms with van der Waals surface area (Å²) < 4.78 is 9.50. The predicted molar refractivity (Wildman–Crippen MR) is 115 cm³/mol. The number of carbonyl (C=O) groups is 3. The van der Waals surface area contributed by atoms with E-state index in [2.05, 4.69) is 5.32 Å². The Balaban J connectivity index is 2.20. The fourth-order valence-corrected chi connectivity index (χ4v) is 4.05. The van der Waals surface area contributed by atoms with Crippen LogP contribution in [0, 0.1) is 17.0 Å². The van der Waals surface area contributed by atoms with E-state index in [1.54, 1.807) is 31.0 Å². The topological polar surface area (TPSA) is 128 Å². The Morgan fingerprint density at radius 3 is 2.45 bits per heavy atom. The maximum absolute atomic E-state index is 12.6. The highest BCUT2D eigenvalue weighted by atomic mass is 32.1. The van der Waals surface area contributed by atoms with E-state index in [-0.39, 0.29) is 33.7 Å². The van der Waals surface area contributed by atoms with Crippen LogP contribution in [-0.2, 0) is 14.3 Å². The number of carbonyl (C=O) groups excluding carboxylic acids is 3. The largest absolute Gasteiger partial charge is 0.465 e. The van der Waals surface area contributed by atoms with Crippen LogP contribution >= 0.6 is 11.3 Å². The van der Waals surface area contributed by atoms with E-state index in [4.69, 9.17) is 9.47 Å². The molecule has 11 heteroatoms. The molecule has 1 aromatic heterocycles. The first-order valence-corrected chi connectivity index (χ1v) is 9.96. The van der Waals surface area contributed by atoms with Gasteiger partial charge in [-0.05, 0) is 32.0 Å². The lowest BCUT2D eigenvalue weighted by Gasteiger charge is -2.24. The number of benzene rings is 1. The van der Waals surface area contributed by atoms with Crippen LogP contribution in [0.1, 0.15) is 44.1 Å². The Kier molecular flexibility index (Phi) is 7.83. The molecule has 1 amide bonds. The number of nitrogens with zero attached hydrogens (tertiary/aromatic N) is 2. The maximum Gasteiger partial charge on any atom is 0.348 e. The van der Waals surface area contributed by atoms with Crippen LogP contribution in [0.5, 0.6) is 0 Å². The highest BCUT2D eigenvalue weighted by molar-refractivity contribution is 7.18. The van der Waals surface area contributed by atoms with Gasteiger partial charge < -0.3 is 14.8 Å². The summed E-state index contributed by atoms with van der Waals surface area (Å²) in [5.74, 6) is -1.73. The highest BCUT2D eigenvalue weighted by Crippen LogP contribution is 2.34. The number of ether oxygens (including phenoxy) is 2. The number of amides is 1. The minimum atomic E-state index is -0.683. The van der Waals surface area contributed by atoms with E-state index in [1.165, 1.54) is 26.4 Å². The van der Waals surface area contributed by atoms with Crippen molar-refractivity contribution in [3.63, 3.8) is 0 Å². The van der Waals surface area contributed by atoms with E-state index in [0.29, 0.717) is 11.1 Å². The molecule has 0 saturated carbocycles. The number of hydrogen-bond donors (Lipinski definition) is 1. The van der Waals surface area contributed by atoms with Crippen LogP contribution in [-0.4, -0.2) is 55.5 Å². The number of nitro groups is 1. The molecule has 0 saturated heterocycles. The molecule has 0 fully saturated rings. The van der Waals surface area contributed by atoms with Gasteiger partial charge in [-0.3, -0.25) is 19.8 Å². The van der Waals surface area contributed by atoms with E-state index in [9.17, 15) is 24.5 Å². The van der Waals surface area contributed by atoms with Crippen molar-refractivity contribution in [3.05, 3.63) is 55.9 Å². The molecule has 1 aromatic carbocycles. The van der Waals surface area contributed by atoms with E-state index >= 15 is 0 Å². The number of likely N-dealkylation sites (N-methyl/N-ethyl adjacent to an activating group) is 1. The number of methoxy groups -OCH3 is 2. The number of nitro benzene ring substituents is 1. The van der Waals surface area contributed by atoms with Crippen LogP contribution < -0.4 is 5.32 Å². The van der Waals surface area contributed by atoms with Crippen LogP contribution in [0.2, 0.25) is 0 Å². The molecule has 2 aromatic rings. The van der Waals surface area contributed by atoms with Crippen molar-refractivity contribution in [3.8, 4) is 0 Å². The van der Waals surface area contributed by atoms with Gasteiger partial charge in [-0.2, -0.15) is 0 Å². The summed E-state index contributed by atoms with van der Waals surface area (Å²) >= 11 is 0.927. The van der Waals surface area contributed by atoms with E-state index in [1.807, 2.05) is 6.92 Å². The first-order chi connectivity index (χ1) is 14.6. The van der Waals surface area contributed by atoms with Gasteiger partial charge in [-0.1, -0.05) is 12.1 Å². The monoisotopic (exact) mass is 449 g/mol. The summed E-state index contributed by atoms with van der Waals surface area (Å²) in [5.41, 5.74) is 1.10. The van der Waals surface area contributed by atoms with Gasteiger partial charge in [0, 0.05) is 18.2 Å². The first kappa shape index (κ1) is 24.0. The summed E-state index contributed by atoms with van der Waals surface area (Å²) in [5, 5.41) is 13.8. The molecule has 166 valence electrons. The molecule has 0 radical (unpaired) electrons. The third-order valence-corrected chi connectivity index (χ3v) is 5.96. The molecule has 0 bridgehead atoms. The summed E-state index contributed by atoms with van der Waals surface area (Å²) in [7, 11) is 4.13. The third-order valence-electron chi connectivity index (χ3n) is 4.78. The molecular weight excluding hydrogens is 426 g/mol. The minimum absolute atomic E-state index is 0.0330. The lowest BCUT2D eigenvalue weighted by atomic mass is 10.1. The minimum Gasteiger partial charge on any atom is -0.465 e. The summed E-state index contributed by atoms with van der Waals surface area (Å²) in [4.78, 5) is 49.2. The number of hydrogen-bond acceptors (Lipinski definition) is 9. The lowest BCUT2D eigenvalue weighted by molar-refractivity contribution is -0.384. The van der Waals surface area contributed by atoms with E-state index < -0.39 is 22.8 Å². The van der Waals surface area contributed by atoms with Gasteiger partial charge in [0.05, 0.1) is 31.3 Å². The lowest BCUT2D eigenvalue weighted by Crippen LogP contribution is -2.32. The zero-order chi connectivity index (χ0) is 23.3. The number of esters is 2. The van der Waals surface area contributed by atoms with Gasteiger partial charge in [-0.25, -0.2) is 9.59 Å². The summed E-state index contributed by atoms with van der Waals surface area (Å²) in [6, 6.07) is 5.90. The Hall–Kier alpha value is -3.31. The van der Waals surface area contributed by atoms with Crippen molar-refractivity contribution >= 4 is 39.9 Å². The van der Waals surface area contributed by atoms with Crippen molar-refractivity contribution in [2.75, 3.05) is 33.1 Å². The SMILES string of the molecule is COC(=O)c1sc(NC(=O)CN(C)C(C)c2cccc([N+](=O)[O-])c2)c(C(=O)OC)c1C. The molecule has 0 aliphatic heterocycles. The van der Waals surface area contributed by atoms with Gasteiger partial charge in [0.15, 0.2) is 0 Å². The average molecular weight is 449 g/mol. The summed E-state index contributed by atoms with van der Waals surface area (Å²) in [6.45, 7) is 3.33. The quantitative estimate of drug-likeness (QED) is 0.370. The second-order valence-corrected chi connectivity index (χ2v) is 7.76. The second-order valence-electron chi connectivity index (χ2n) is 6.73. The fraction of sp³-hybridized carbons (Fsp3) is 0.350. The van der Waals surface area contributed by atoms with Crippen molar-refractivity contribution in [2.24, 2.45) is 0 Å². The normalized spacial score (nSPS) is 11.7. The third kappa shape index (κ3) is 5.44. The predicted octanol–water partition coefficient (Wildman–Crippen LogP) is 3.17. The zero-order valence-corrected chi connectivity index (χ0v) is 18.6. The maximum atomic E-state index is 12.6. The number of thiophene rings is 1. The van der Waals surface area contributed by atoms with Crippen LogP contribution in [0.25, 0.3) is 0 Å². The highest BCUT2D eigenvalue weighted by Gasteiger charge is 2.27. The Labute approximate surface area is 182 Å². The molecular formula is C20H23N3O7S. The molecule has 31 heavy (non-hydrogen) atoms. The summed E-state index contributed by atoms with van der Waals surface area (Å²) in [6.07, 6.45) is 0. The number of non-ortho nitro benzene ring substituents is 1. The van der Waals surface area contributed by atoms with Gasteiger partial charge in [0.2, 0.25) is 5.91 Å². The second kappa shape index (κ2) is 10.1. The zero-order valence-electron chi connectivity index (χ0n) is 17.8. The number of rotatable bonds is 8. The van der Waals surface area contributed by atoms with Crippen LogP contribution in [0.15, 0.2) is 24.3 Å². The Morgan fingerprint density at radius 1 is 1.23 bits per heavy atom. The van der Waals surface area contributed by atoms with Crippen LogP contribution in [0.3, 0.4) is 0 Å². The number of anilines is 1. The fourth-order valence-electron chi connectivity index (χ4n) is 2.92. The Bertz CT molecular complexity index is 1020. The Morgan fingerprint density at radius 2 is 1.87 bits per heavy atom. The molecule has 2 rings (SSSR count).